The Morgan fingerprint density at radius 1 is 0.362 bits per heavy atom. The molecule has 0 bridgehead atoms. The second-order valence-electron chi connectivity index (χ2n) is 10.3. The van der Waals surface area contributed by atoms with Crippen LogP contribution in [0.4, 0.5) is 52.7 Å². The van der Waals surface area contributed by atoms with Gasteiger partial charge in [-0.3, -0.25) is 0 Å². The maximum Gasteiger partial charge on any atom is 2.00 e. The number of hydrogen-bond acceptors (Lipinski definition) is 0. The Morgan fingerprint density at radius 2 is 0.638 bits per heavy atom. The first-order chi connectivity index (χ1) is 21.3. The van der Waals surface area contributed by atoms with Gasteiger partial charge in [0, 0.05) is 22.3 Å². The Labute approximate surface area is 278 Å². The summed E-state index contributed by atoms with van der Waals surface area (Å²) >= 11 is 0. The minimum Gasteiger partial charge on any atom is -0.166 e. The van der Waals surface area contributed by atoms with E-state index >= 15 is 0 Å². The summed E-state index contributed by atoms with van der Waals surface area (Å²) < 4.78 is 155. The number of alkyl halides is 12. The van der Waals surface area contributed by atoms with Gasteiger partial charge in [0.15, 0.2) is 0 Å². The molecule has 0 unspecified atom stereocenters. The third kappa shape index (κ3) is 8.36. The molecule has 0 radical (unpaired) electrons. The van der Waals surface area contributed by atoms with Crippen molar-refractivity contribution in [2.75, 3.05) is 0 Å². The zero-order valence-corrected chi connectivity index (χ0v) is 25.9. The van der Waals surface area contributed by atoms with E-state index in [-0.39, 0.29) is 49.5 Å². The monoisotopic (exact) mass is 744 g/mol. The van der Waals surface area contributed by atoms with E-state index in [1.54, 1.807) is 72.8 Å². The second-order valence-corrected chi connectivity index (χ2v) is 10.3. The Balaban J connectivity index is 0.000000208. The van der Waals surface area contributed by atoms with E-state index in [1.165, 1.54) is 0 Å². The molecule has 6 aromatic carbocycles. The zero-order chi connectivity index (χ0) is 33.7. The van der Waals surface area contributed by atoms with Crippen LogP contribution in [0.25, 0.3) is 43.8 Å². The molecular formula is C34H18F12Zr. The molecule has 0 aliphatic carbocycles. The van der Waals surface area contributed by atoms with E-state index in [1.807, 2.05) is 0 Å². The van der Waals surface area contributed by atoms with Crippen LogP contribution in [0.1, 0.15) is 22.3 Å². The van der Waals surface area contributed by atoms with Crippen LogP contribution in [-0.2, 0) is 50.9 Å². The first-order valence-corrected chi connectivity index (χ1v) is 13.2. The van der Waals surface area contributed by atoms with Gasteiger partial charge in [0.2, 0.25) is 0 Å². The molecule has 0 aliphatic rings. The fourth-order valence-corrected chi connectivity index (χ4v) is 4.88. The summed E-state index contributed by atoms with van der Waals surface area (Å²) in [5.41, 5.74) is -4.82. The maximum atomic E-state index is 12.9. The Morgan fingerprint density at radius 3 is 0.894 bits per heavy atom. The molecule has 242 valence electrons. The molecule has 0 fully saturated rings. The van der Waals surface area contributed by atoms with Gasteiger partial charge in [-0.15, -0.1) is 69.1 Å². The van der Waals surface area contributed by atoms with Crippen molar-refractivity contribution in [2.24, 2.45) is 0 Å². The van der Waals surface area contributed by atoms with Crippen molar-refractivity contribution < 1.29 is 78.9 Å². The first-order valence-electron chi connectivity index (χ1n) is 13.2. The summed E-state index contributed by atoms with van der Waals surface area (Å²) in [7, 11) is 0. The molecule has 6 aromatic rings. The van der Waals surface area contributed by atoms with Crippen LogP contribution in [0, 0.1) is 0 Å². The molecule has 0 heterocycles. The quantitative estimate of drug-likeness (QED) is 0.122. The van der Waals surface area contributed by atoms with Crippen molar-refractivity contribution >= 4 is 21.5 Å². The molecule has 13 heteroatoms. The number of rotatable bonds is 2. The standard InChI is InChI=1S/2C17H9F6.Zr/c2*18-16(19,20)14-7-13(8-15(9-14)17(21,22)23)12-5-10-3-1-2-4-11(10)6-12;/h2*1-9H;/q2*-1;+2. The summed E-state index contributed by atoms with van der Waals surface area (Å²) in [4.78, 5) is 0. The molecule has 0 aromatic heterocycles. The minimum absolute atomic E-state index is 0. The van der Waals surface area contributed by atoms with Crippen molar-refractivity contribution in [3.05, 3.63) is 131 Å². The van der Waals surface area contributed by atoms with Gasteiger partial charge in [0.1, 0.15) is 0 Å². The first kappa shape index (κ1) is 36.0. The fraction of sp³-hybridized carbons (Fsp3) is 0.118. The molecule has 0 spiro atoms. The second kappa shape index (κ2) is 13.0. The SMILES string of the molecule is FC(F)(F)c1cc(-c2cc3ccccc3[cH-]2)cc(C(F)(F)F)c1.FC(F)(F)c1cc(-c2cc3ccccc3[cH-]2)cc(C(F)(F)F)c1.[Zr+2]. The van der Waals surface area contributed by atoms with Gasteiger partial charge in [-0.1, -0.05) is 71.8 Å². The van der Waals surface area contributed by atoms with Crippen molar-refractivity contribution in [3.63, 3.8) is 0 Å². The number of halogens is 12. The van der Waals surface area contributed by atoms with Gasteiger partial charge in [0.25, 0.3) is 0 Å². The smallest absolute Gasteiger partial charge is 0.166 e. The van der Waals surface area contributed by atoms with Crippen LogP contribution in [0.3, 0.4) is 0 Å². The molecule has 6 rings (SSSR count). The van der Waals surface area contributed by atoms with Crippen molar-refractivity contribution in [1.82, 2.24) is 0 Å². The van der Waals surface area contributed by atoms with Crippen LogP contribution >= 0.6 is 0 Å². The van der Waals surface area contributed by atoms with Gasteiger partial charge >= 0.3 is 50.9 Å². The zero-order valence-electron chi connectivity index (χ0n) is 23.4. The van der Waals surface area contributed by atoms with Gasteiger partial charge in [-0.05, 0) is 12.1 Å². The molecule has 0 saturated heterocycles. The average molecular weight is 746 g/mol. The van der Waals surface area contributed by atoms with E-state index in [9.17, 15) is 52.7 Å². The summed E-state index contributed by atoms with van der Waals surface area (Å²) in [6.45, 7) is 0. The Bertz CT molecular complexity index is 1720. The number of benzene rings is 4. The van der Waals surface area contributed by atoms with Crippen molar-refractivity contribution in [2.45, 2.75) is 24.7 Å². The summed E-state index contributed by atoms with van der Waals surface area (Å²) in [5.74, 6) is 0. The van der Waals surface area contributed by atoms with E-state index < -0.39 is 47.0 Å². The molecule has 0 aliphatic heterocycles. The summed E-state index contributed by atoms with van der Waals surface area (Å²) in [6, 6.07) is 23.5. The van der Waals surface area contributed by atoms with Crippen LogP contribution in [0.15, 0.2) is 109 Å². The van der Waals surface area contributed by atoms with E-state index in [0.717, 1.165) is 45.8 Å². The Hall–Kier alpha value is -3.86. The molecule has 0 nitrogen and oxygen atoms in total. The summed E-state index contributed by atoms with van der Waals surface area (Å²) in [6.07, 6.45) is -19.4. The largest absolute Gasteiger partial charge is 2.00 e. The van der Waals surface area contributed by atoms with Crippen LogP contribution < -0.4 is 0 Å². The van der Waals surface area contributed by atoms with E-state index in [2.05, 4.69) is 0 Å². The van der Waals surface area contributed by atoms with Gasteiger partial charge in [0.05, 0.1) is 0 Å². The van der Waals surface area contributed by atoms with Gasteiger partial charge in [-0.2, -0.15) is 52.7 Å². The van der Waals surface area contributed by atoms with E-state index in [0.29, 0.717) is 11.1 Å². The topological polar surface area (TPSA) is 0 Å². The molecule has 47 heavy (non-hydrogen) atoms. The summed E-state index contributed by atoms with van der Waals surface area (Å²) in [5, 5.41) is 3.03. The molecule has 0 atom stereocenters. The molecular weight excluding hydrogens is 728 g/mol. The number of hydrogen-bond donors (Lipinski definition) is 0. The molecule has 0 saturated carbocycles. The maximum absolute atomic E-state index is 12.9. The average Bonchev–Trinajstić information content (AvgIpc) is 3.60. The van der Waals surface area contributed by atoms with E-state index in [4.69, 9.17) is 0 Å². The van der Waals surface area contributed by atoms with Crippen LogP contribution in [0.5, 0.6) is 0 Å². The molecule has 0 N–H and O–H groups in total. The predicted octanol–water partition coefficient (Wildman–Crippen LogP) is 12.5. The fourth-order valence-electron chi connectivity index (χ4n) is 4.88. The van der Waals surface area contributed by atoms with Gasteiger partial charge < -0.3 is 0 Å². The van der Waals surface area contributed by atoms with Crippen LogP contribution in [-0.4, -0.2) is 0 Å². The molecule has 0 amide bonds. The third-order valence-electron chi connectivity index (χ3n) is 7.08. The van der Waals surface area contributed by atoms with Crippen molar-refractivity contribution in [3.8, 4) is 22.3 Å². The predicted molar refractivity (Wildman–Crippen MR) is 150 cm³/mol. The third-order valence-corrected chi connectivity index (χ3v) is 7.08. The van der Waals surface area contributed by atoms with Crippen molar-refractivity contribution in [1.29, 1.82) is 0 Å². The van der Waals surface area contributed by atoms with Crippen LogP contribution in [0.2, 0.25) is 0 Å². The normalized spacial score (nSPS) is 12.5. The minimum atomic E-state index is -4.85. The van der Waals surface area contributed by atoms with Gasteiger partial charge in [-0.25, -0.2) is 0 Å². The number of fused-ring (bicyclic) bond motifs is 2. The Kier molecular flexibility index (Phi) is 9.94.